The molecule has 0 bridgehead atoms. The Kier molecular flexibility index (Phi) is 4.19. The van der Waals surface area contributed by atoms with Crippen LogP contribution >= 0.6 is 0 Å². The van der Waals surface area contributed by atoms with Crippen LogP contribution in [0.15, 0.2) is 11.1 Å². The Morgan fingerprint density at radius 2 is 1.45 bits per heavy atom. The normalized spacial score (nSPS) is 26.4. The highest BCUT2D eigenvalue weighted by molar-refractivity contribution is 5.68. The molecule has 114 valence electrons. The maximum atomic E-state index is 12.3. The first kappa shape index (κ1) is 15.8. The molecule has 0 aliphatic heterocycles. The Labute approximate surface area is 125 Å². The predicted octanol–water partition coefficient (Wildman–Crippen LogP) is 5.69. The van der Waals surface area contributed by atoms with Gasteiger partial charge < -0.3 is 4.79 Å². The molecule has 0 amide bonds. The minimum Gasteiger partial charge on any atom is -0.303 e. The Balaban J connectivity index is 2.44. The molecule has 0 N–H and O–H groups in total. The van der Waals surface area contributed by atoms with E-state index in [0.29, 0.717) is 0 Å². The first-order valence-electron chi connectivity index (χ1n) is 8.54. The van der Waals surface area contributed by atoms with Crippen LogP contribution in [0.2, 0.25) is 0 Å². The maximum absolute atomic E-state index is 12.3. The summed E-state index contributed by atoms with van der Waals surface area (Å²) in [5, 5.41) is 0. The highest BCUT2D eigenvalue weighted by atomic mass is 16.1. The van der Waals surface area contributed by atoms with E-state index in [2.05, 4.69) is 34.6 Å². The summed E-state index contributed by atoms with van der Waals surface area (Å²) in [6.07, 6.45) is 11.1. The van der Waals surface area contributed by atoms with Crippen molar-refractivity contribution in [3.63, 3.8) is 0 Å². The van der Waals surface area contributed by atoms with Crippen LogP contribution in [0.3, 0.4) is 0 Å². The van der Waals surface area contributed by atoms with Crippen LogP contribution in [-0.4, -0.2) is 6.29 Å². The molecule has 1 heteroatoms. The lowest BCUT2D eigenvalue weighted by Crippen LogP contribution is -2.46. The molecule has 0 aromatic rings. The molecule has 0 unspecified atom stereocenters. The maximum Gasteiger partial charge on any atom is 0.127 e. The molecule has 0 atom stereocenters. The second-order valence-electron chi connectivity index (χ2n) is 7.96. The minimum atomic E-state index is -0.190. The van der Waals surface area contributed by atoms with Crippen LogP contribution in [0.25, 0.3) is 0 Å². The molecular weight excluding hydrogens is 244 g/mol. The molecule has 0 spiro atoms. The quantitative estimate of drug-likeness (QED) is 0.358. The standard InChI is InChI=1S/C19H32O/c1-6-7-10-13-19(14-20)17(2,3)15-11-8-9-12-16(15)18(19,4)5/h14H,6-13H2,1-5H3. The molecule has 0 radical (unpaired) electrons. The lowest BCUT2D eigenvalue weighted by molar-refractivity contribution is -0.128. The second-order valence-corrected chi connectivity index (χ2v) is 7.96. The Morgan fingerprint density at radius 3 is 1.85 bits per heavy atom. The van der Waals surface area contributed by atoms with Crippen molar-refractivity contribution >= 4 is 6.29 Å². The van der Waals surface area contributed by atoms with Crippen molar-refractivity contribution in [2.24, 2.45) is 16.2 Å². The van der Waals surface area contributed by atoms with E-state index in [1.165, 1.54) is 51.2 Å². The third kappa shape index (κ3) is 1.92. The van der Waals surface area contributed by atoms with Crippen molar-refractivity contribution in [3.05, 3.63) is 11.1 Å². The fourth-order valence-electron chi connectivity index (χ4n) is 5.24. The lowest BCUT2D eigenvalue weighted by Gasteiger charge is -2.47. The van der Waals surface area contributed by atoms with Crippen molar-refractivity contribution in [3.8, 4) is 0 Å². The fraction of sp³-hybridized carbons (Fsp3) is 0.842. The monoisotopic (exact) mass is 276 g/mol. The van der Waals surface area contributed by atoms with E-state index in [4.69, 9.17) is 0 Å². The summed E-state index contributed by atoms with van der Waals surface area (Å²) >= 11 is 0. The number of carbonyl (C=O) groups excluding carboxylic acids is 1. The Morgan fingerprint density at radius 1 is 0.950 bits per heavy atom. The van der Waals surface area contributed by atoms with Crippen molar-refractivity contribution in [1.29, 1.82) is 0 Å². The highest BCUT2D eigenvalue weighted by Gasteiger charge is 2.62. The van der Waals surface area contributed by atoms with E-state index < -0.39 is 0 Å². The van der Waals surface area contributed by atoms with Gasteiger partial charge in [-0.3, -0.25) is 0 Å². The molecule has 2 rings (SSSR count). The molecule has 0 aromatic carbocycles. The molecule has 0 saturated carbocycles. The molecule has 1 nitrogen and oxygen atoms in total. The van der Waals surface area contributed by atoms with Gasteiger partial charge in [0.05, 0.1) is 0 Å². The first-order valence-corrected chi connectivity index (χ1v) is 8.54. The number of hydrogen-bond donors (Lipinski definition) is 0. The van der Waals surface area contributed by atoms with Crippen molar-refractivity contribution < 1.29 is 4.79 Å². The van der Waals surface area contributed by atoms with Gasteiger partial charge in [-0.25, -0.2) is 0 Å². The predicted molar refractivity (Wildman–Crippen MR) is 85.7 cm³/mol. The average molecular weight is 276 g/mol. The number of hydrogen-bond acceptors (Lipinski definition) is 1. The van der Waals surface area contributed by atoms with Crippen LogP contribution in [0.1, 0.15) is 86.0 Å². The summed E-state index contributed by atoms with van der Waals surface area (Å²) in [4.78, 5) is 12.3. The number of aldehydes is 1. The molecule has 2 aliphatic rings. The number of allylic oxidation sites excluding steroid dienone is 2. The summed E-state index contributed by atoms with van der Waals surface area (Å²) in [5.74, 6) is 0. The smallest absolute Gasteiger partial charge is 0.127 e. The van der Waals surface area contributed by atoms with Crippen molar-refractivity contribution in [1.82, 2.24) is 0 Å². The van der Waals surface area contributed by atoms with Gasteiger partial charge in [0.15, 0.2) is 0 Å². The van der Waals surface area contributed by atoms with Gasteiger partial charge in [-0.15, -0.1) is 0 Å². The molecule has 20 heavy (non-hydrogen) atoms. The van der Waals surface area contributed by atoms with E-state index in [1.54, 1.807) is 11.1 Å². The van der Waals surface area contributed by atoms with Gasteiger partial charge in [0.1, 0.15) is 6.29 Å². The Hall–Kier alpha value is -0.590. The third-order valence-electron chi connectivity index (χ3n) is 6.58. The third-order valence-corrected chi connectivity index (χ3v) is 6.58. The van der Waals surface area contributed by atoms with Crippen LogP contribution in [0.5, 0.6) is 0 Å². The van der Waals surface area contributed by atoms with Gasteiger partial charge in [0.25, 0.3) is 0 Å². The lowest BCUT2D eigenvalue weighted by atomic mass is 9.54. The highest BCUT2D eigenvalue weighted by Crippen LogP contribution is 2.68. The number of unbranched alkanes of at least 4 members (excludes halogenated alkanes) is 2. The van der Waals surface area contributed by atoms with Gasteiger partial charge in [0, 0.05) is 5.41 Å². The Bertz CT molecular complexity index is 383. The van der Waals surface area contributed by atoms with Crippen LogP contribution in [0, 0.1) is 16.2 Å². The van der Waals surface area contributed by atoms with E-state index in [1.807, 2.05) is 0 Å². The number of carbonyl (C=O) groups is 1. The SMILES string of the molecule is CCCCCC1(C=O)C(C)(C)C2=C(CCCC2)C1(C)C. The summed E-state index contributed by atoms with van der Waals surface area (Å²) in [6, 6.07) is 0. The average Bonchev–Trinajstić information content (AvgIpc) is 2.55. The molecular formula is C19H32O. The van der Waals surface area contributed by atoms with Gasteiger partial charge in [-0.1, -0.05) is 65.0 Å². The molecule has 0 aromatic heterocycles. The zero-order valence-corrected chi connectivity index (χ0v) is 14.1. The van der Waals surface area contributed by atoms with Gasteiger partial charge in [-0.05, 0) is 42.9 Å². The van der Waals surface area contributed by atoms with E-state index >= 15 is 0 Å². The summed E-state index contributed by atoms with van der Waals surface area (Å²) < 4.78 is 0. The topological polar surface area (TPSA) is 17.1 Å². The van der Waals surface area contributed by atoms with Gasteiger partial charge >= 0.3 is 0 Å². The molecule has 0 saturated heterocycles. The second kappa shape index (κ2) is 5.31. The van der Waals surface area contributed by atoms with Crippen LogP contribution in [-0.2, 0) is 4.79 Å². The fourth-order valence-corrected chi connectivity index (χ4v) is 5.24. The number of rotatable bonds is 5. The van der Waals surface area contributed by atoms with E-state index in [9.17, 15) is 4.79 Å². The molecule has 2 aliphatic carbocycles. The first-order chi connectivity index (χ1) is 9.35. The summed E-state index contributed by atoms with van der Waals surface area (Å²) in [6.45, 7) is 11.6. The van der Waals surface area contributed by atoms with Gasteiger partial charge in [-0.2, -0.15) is 0 Å². The zero-order valence-electron chi connectivity index (χ0n) is 14.1. The largest absolute Gasteiger partial charge is 0.303 e. The molecule has 0 fully saturated rings. The molecule has 0 heterocycles. The van der Waals surface area contributed by atoms with E-state index in [-0.39, 0.29) is 16.2 Å². The summed E-state index contributed by atoms with van der Waals surface area (Å²) in [5.41, 5.74) is 3.14. The van der Waals surface area contributed by atoms with Crippen molar-refractivity contribution in [2.75, 3.05) is 0 Å². The minimum absolute atomic E-state index is 0.0434. The van der Waals surface area contributed by atoms with Crippen molar-refractivity contribution in [2.45, 2.75) is 86.0 Å². The van der Waals surface area contributed by atoms with Gasteiger partial charge in [0.2, 0.25) is 0 Å². The van der Waals surface area contributed by atoms with E-state index in [0.717, 1.165) is 6.42 Å². The van der Waals surface area contributed by atoms with Crippen LogP contribution < -0.4 is 0 Å². The zero-order chi connectivity index (χ0) is 15.0. The van der Waals surface area contributed by atoms with Crippen LogP contribution in [0.4, 0.5) is 0 Å². The summed E-state index contributed by atoms with van der Waals surface area (Å²) in [7, 11) is 0.